The highest BCUT2D eigenvalue weighted by Crippen LogP contribution is 2.44. The largest absolute Gasteiger partial charge is 0.372 e. The zero-order valence-corrected chi connectivity index (χ0v) is 15.5. The molecule has 5 rings (SSSR count). The smallest absolute Gasteiger partial charge is 0.163 e. The number of carbonyl (C=O) groups excluding carboxylic acids is 1. The van der Waals surface area contributed by atoms with Crippen molar-refractivity contribution >= 4 is 28.5 Å². The minimum Gasteiger partial charge on any atom is -0.372 e. The summed E-state index contributed by atoms with van der Waals surface area (Å²) < 4.78 is 0. The van der Waals surface area contributed by atoms with Gasteiger partial charge in [0.25, 0.3) is 0 Å². The van der Waals surface area contributed by atoms with Crippen LogP contribution in [0.3, 0.4) is 0 Å². The van der Waals surface area contributed by atoms with Crippen LogP contribution in [0.5, 0.6) is 0 Å². The molecule has 134 valence electrons. The molecule has 2 N–H and O–H groups in total. The van der Waals surface area contributed by atoms with Crippen molar-refractivity contribution in [2.75, 3.05) is 10.6 Å². The van der Waals surface area contributed by atoms with Gasteiger partial charge in [-0.3, -0.25) is 9.78 Å². The maximum atomic E-state index is 13.3. The molecule has 2 atom stereocenters. The Morgan fingerprint density at radius 1 is 0.963 bits per heavy atom. The minimum absolute atomic E-state index is 0.170. The van der Waals surface area contributed by atoms with Gasteiger partial charge in [-0.15, -0.1) is 11.3 Å². The highest BCUT2D eigenvalue weighted by Gasteiger charge is 2.36. The summed E-state index contributed by atoms with van der Waals surface area (Å²) in [5, 5.41) is 9.24. The highest BCUT2D eigenvalue weighted by molar-refractivity contribution is 7.10. The molecular weight excluding hydrogens is 354 g/mol. The van der Waals surface area contributed by atoms with Crippen LogP contribution in [-0.2, 0) is 4.79 Å². The number of nitrogens with zero attached hydrogens (tertiary/aromatic N) is 1. The third-order valence-electron chi connectivity index (χ3n) is 5.29. The highest BCUT2D eigenvalue weighted by atomic mass is 32.1. The molecule has 0 fully saturated rings. The fourth-order valence-corrected chi connectivity index (χ4v) is 4.85. The fourth-order valence-electron chi connectivity index (χ4n) is 4.02. The van der Waals surface area contributed by atoms with E-state index in [4.69, 9.17) is 0 Å². The number of benzene rings is 1. The van der Waals surface area contributed by atoms with E-state index in [0.29, 0.717) is 6.42 Å². The lowest BCUT2D eigenvalue weighted by Gasteiger charge is -2.29. The third kappa shape index (κ3) is 2.94. The van der Waals surface area contributed by atoms with Crippen LogP contribution >= 0.6 is 11.3 Å². The summed E-state index contributed by atoms with van der Waals surface area (Å²) in [5.41, 5.74) is 4.96. The maximum Gasteiger partial charge on any atom is 0.163 e. The second-order valence-corrected chi connectivity index (χ2v) is 7.94. The van der Waals surface area contributed by atoms with Gasteiger partial charge < -0.3 is 10.6 Å². The van der Waals surface area contributed by atoms with Gasteiger partial charge in [-0.05, 0) is 47.7 Å². The summed E-state index contributed by atoms with van der Waals surface area (Å²) in [6, 6.07) is 16.1. The van der Waals surface area contributed by atoms with E-state index in [0.717, 1.165) is 34.6 Å². The summed E-state index contributed by atoms with van der Waals surface area (Å²) >= 11 is 1.73. The van der Waals surface area contributed by atoms with Crippen LogP contribution in [0.25, 0.3) is 0 Å². The minimum atomic E-state index is -0.170. The molecule has 2 aliphatic rings. The van der Waals surface area contributed by atoms with Crippen LogP contribution in [0, 0.1) is 0 Å². The Morgan fingerprint density at radius 3 is 2.56 bits per heavy atom. The lowest BCUT2D eigenvalue weighted by Crippen LogP contribution is -2.26. The Balaban J connectivity index is 1.63. The molecule has 2 aromatic heterocycles. The second-order valence-electron chi connectivity index (χ2n) is 6.96. The van der Waals surface area contributed by atoms with Gasteiger partial charge in [0.1, 0.15) is 0 Å². The Kier molecular flexibility index (Phi) is 4.02. The zero-order valence-electron chi connectivity index (χ0n) is 14.7. The normalized spacial score (nSPS) is 21.6. The number of ketones is 1. The van der Waals surface area contributed by atoms with Crippen LogP contribution < -0.4 is 10.6 Å². The number of pyridine rings is 1. The SMILES string of the molecule is O=C1C[C@H](c2cccs2)CC2=C1[C@@H](c1ccncc1)Nc1ccccc1N2. The van der Waals surface area contributed by atoms with Crippen molar-refractivity contribution in [3.63, 3.8) is 0 Å². The van der Waals surface area contributed by atoms with Crippen molar-refractivity contribution in [1.29, 1.82) is 0 Å². The van der Waals surface area contributed by atoms with E-state index in [2.05, 4.69) is 45.3 Å². The summed E-state index contributed by atoms with van der Waals surface area (Å²) in [6.07, 6.45) is 4.96. The molecule has 0 radical (unpaired) electrons. The van der Waals surface area contributed by atoms with Crippen molar-refractivity contribution < 1.29 is 4.79 Å². The first kappa shape index (κ1) is 16.3. The maximum absolute atomic E-state index is 13.3. The second kappa shape index (κ2) is 6.67. The lowest BCUT2D eigenvalue weighted by molar-refractivity contribution is -0.116. The van der Waals surface area contributed by atoms with Gasteiger partial charge in [0, 0.05) is 40.9 Å². The number of rotatable bonds is 2. The van der Waals surface area contributed by atoms with Crippen LogP contribution in [0.15, 0.2) is 77.6 Å². The number of thiophene rings is 1. The van der Waals surface area contributed by atoms with Gasteiger partial charge >= 0.3 is 0 Å². The lowest BCUT2D eigenvalue weighted by atomic mass is 9.81. The number of anilines is 2. The molecule has 0 spiro atoms. The number of aromatic nitrogens is 1. The Hall–Kier alpha value is -2.92. The van der Waals surface area contributed by atoms with Gasteiger partial charge in [-0.1, -0.05) is 18.2 Å². The average Bonchev–Trinajstić information content (AvgIpc) is 3.17. The number of hydrogen-bond donors (Lipinski definition) is 2. The molecule has 1 aliphatic heterocycles. The number of Topliss-reactive ketones (excluding diaryl/α,β-unsaturated/α-hetero) is 1. The monoisotopic (exact) mass is 373 g/mol. The van der Waals surface area contributed by atoms with Gasteiger partial charge in [0.2, 0.25) is 0 Å². The summed E-state index contributed by atoms with van der Waals surface area (Å²) in [5.74, 6) is 0.455. The summed E-state index contributed by atoms with van der Waals surface area (Å²) in [6.45, 7) is 0. The molecule has 0 amide bonds. The molecule has 1 aliphatic carbocycles. The van der Waals surface area contributed by atoms with E-state index in [9.17, 15) is 4.79 Å². The molecular formula is C22H19N3OS. The Bertz CT molecular complexity index is 1010. The number of hydrogen-bond acceptors (Lipinski definition) is 5. The standard InChI is InChI=1S/C22H19N3OS/c26-19-13-15(20-6-3-11-27-20)12-18-21(19)22(14-7-9-23-10-8-14)25-17-5-2-1-4-16(17)24-18/h1-11,15,22,24-25H,12-13H2/t15-,22-/m1/s1. The van der Waals surface area contributed by atoms with Crippen LogP contribution in [0.2, 0.25) is 0 Å². The van der Waals surface area contributed by atoms with Gasteiger partial charge in [-0.2, -0.15) is 0 Å². The topological polar surface area (TPSA) is 54.0 Å². The molecule has 0 saturated heterocycles. The van der Waals surface area contributed by atoms with E-state index in [1.54, 1.807) is 23.7 Å². The average molecular weight is 373 g/mol. The fraction of sp³-hybridized carbons (Fsp3) is 0.182. The predicted molar refractivity (Wildman–Crippen MR) is 109 cm³/mol. The first-order valence-corrected chi connectivity index (χ1v) is 10.00. The number of fused-ring (bicyclic) bond motifs is 1. The van der Waals surface area contributed by atoms with E-state index in [-0.39, 0.29) is 17.7 Å². The van der Waals surface area contributed by atoms with E-state index in [1.807, 2.05) is 24.3 Å². The van der Waals surface area contributed by atoms with E-state index < -0.39 is 0 Å². The first-order chi connectivity index (χ1) is 13.3. The number of para-hydroxylation sites is 2. The third-order valence-corrected chi connectivity index (χ3v) is 6.33. The Morgan fingerprint density at radius 2 is 1.78 bits per heavy atom. The van der Waals surface area contributed by atoms with E-state index in [1.165, 1.54) is 4.88 Å². The van der Waals surface area contributed by atoms with Crippen molar-refractivity contribution in [2.24, 2.45) is 0 Å². The molecule has 3 aromatic rings. The number of nitrogens with one attached hydrogen (secondary N) is 2. The predicted octanol–water partition coefficient (Wildman–Crippen LogP) is 5.12. The summed E-state index contributed by atoms with van der Waals surface area (Å²) in [4.78, 5) is 18.7. The number of carbonyl (C=O) groups is 1. The van der Waals surface area contributed by atoms with Crippen molar-refractivity contribution in [3.8, 4) is 0 Å². The van der Waals surface area contributed by atoms with Crippen molar-refractivity contribution in [2.45, 2.75) is 24.8 Å². The first-order valence-electron chi connectivity index (χ1n) is 9.12. The molecule has 5 heteroatoms. The summed E-state index contributed by atoms with van der Waals surface area (Å²) in [7, 11) is 0. The van der Waals surface area contributed by atoms with Crippen LogP contribution in [-0.4, -0.2) is 10.8 Å². The van der Waals surface area contributed by atoms with Crippen molar-refractivity contribution in [3.05, 3.63) is 88.0 Å². The van der Waals surface area contributed by atoms with Crippen LogP contribution in [0.1, 0.15) is 35.2 Å². The molecule has 27 heavy (non-hydrogen) atoms. The molecule has 1 aromatic carbocycles. The number of allylic oxidation sites excluding steroid dienone is 1. The van der Waals surface area contributed by atoms with Gasteiger partial charge in [0.05, 0.1) is 17.4 Å². The van der Waals surface area contributed by atoms with Gasteiger partial charge in [0.15, 0.2) is 5.78 Å². The quantitative estimate of drug-likeness (QED) is 0.654. The molecule has 0 saturated carbocycles. The van der Waals surface area contributed by atoms with Crippen LogP contribution in [0.4, 0.5) is 11.4 Å². The molecule has 0 unspecified atom stereocenters. The van der Waals surface area contributed by atoms with E-state index >= 15 is 0 Å². The zero-order chi connectivity index (χ0) is 18.2. The van der Waals surface area contributed by atoms with Gasteiger partial charge in [-0.25, -0.2) is 0 Å². The molecule has 4 nitrogen and oxygen atoms in total. The van der Waals surface area contributed by atoms with Crippen molar-refractivity contribution in [1.82, 2.24) is 4.98 Å². The molecule has 0 bridgehead atoms. The Labute approximate surface area is 162 Å². The molecule has 3 heterocycles.